The van der Waals surface area contributed by atoms with Crippen LogP contribution in [0, 0.1) is 11.3 Å². The fraction of sp³-hybridized carbons (Fsp3) is 0.857. The van der Waals surface area contributed by atoms with Crippen LogP contribution in [0.4, 0.5) is 0 Å². The number of piperidine rings is 1. The molecule has 2 fully saturated rings. The van der Waals surface area contributed by atoms with Gasteiger partial charge in [0.2, 0.25) is 5.91 Å². The molecule has 2 unspecified atom stereocenters. The highest BCUT2D eigenvalue weighted by Gasteiger charge is 2.41. The van der Waals surface area contributed by atoms with E-state index in [4.69, 9.17) is 5.11 Å². The molecule has 1 aliphatic carbocycles. The Kier molecular flexibility index (Phi) is 4.45. The maximum Gasteiger partial charge on any atom is 0.305 e. The highest BCUT2D eigenvalue weighted by Crippen LogP contribution is 2.36. The molecular weight excluding hydrogens is 244 g/mol. The van der Waals surface area contributed by atoms with E-state index in [-0.39, 0.29) is 23.8 Å². The Balaban J connectivity index is 1.98. The number of carbonyl (C=O) groups excluding carboxylic acids is 1. The second-order valence-corrected chi connectivity index (χ2v) is 5.93. The molecule has 3 N–H and O–H groups in total. The first-order valence-electron chi connectivity index (χ1n) is 7.31. The molecule has 1 amide bonds. The lowest BCUT2D eigenvalue weighted by molar-refractivity contribution is -0.138. The van der Waals surface area contributed by atoms with E-state index >= 15 is 0 Å². The molecule has 5 heteroatoms. The number of carbonyl (C=O) groups is 2. The fourth-order valence-electron chi connectivity index (χ4n) is 2.97. The van der Waals surface area contributed by atoms with Crippen LogP contribution in [0.5, 0.6) is 0 Å². The predicted molar refractivity (Wildman–Crippen MR) is 71.7 cm³/mol. The van der Waals surface area contributed by atoms with E-state index in [0.29, 0.717) is 12.5 Å². The van der Waals surface area contributed by atoms with Crippen LogP contribution in [-0.4, -0.2) is 36.1 Å². The van der Waals surface area contributed by atoms with E-state index in [1.807, 2.05) is 6.92 Å². The SMILES string of the molecule is CCC1(C(=O)NC(CC(=O)O)C2CC2)CCCNC1. The van der Waals surface area contributed by atoms with Crippen molar-refractivity contribution in [2.45, 2.75) is 51.5 Å². The van der Waals surface area contributed by atoms with Crippen molar-refractivity contribution in [3.05, 3.63) is 0 Å². The second kappa shape index (κ2) is 5.90. The number of amides is 1. The van der Waals surface area contributed by atoms with Gasteiger partial charge in [0.05, 0.1) is 11.8 Å². The summed E-state index contributed by atoms with van der Waals surface area (Å²) in [5.74, 6) is -0.421. The number of aliphatic carboxylic acids is 1. The maximum atomic E-state index is 12.5. The summed E-state index contributed by atoms with van der Waals surface area (Å²) in [4.78, 5) is 23.4. The van der Waals surface area contributed by atoms with Crippen molar-refractivity contribution in [2.24, 2.45) is 11.3 Å². The van der Waals surface area contributed by atoms with Crippen LogP contribution < -0.4 is 10.6 Å². The van der Waals surface area contributed by atoms with Crippen molar-refractivity contribution < 1.29 is 14.7 Å². The molecule has 1 aliphatic heterocycles. The quantitative estimate of drug-likeness (QED) is 0.675. The number of hydrogen-bond acceptors (Lipinski definition) is 3. The van der Waals surface area contributed by atoms with Gasteiger partial charge in [-0.2, -0.15) is 0 Å². The summed E-state index contributed by atoms with van der Waals surface area (Å²) in [6.07, 6.45) is 4.83. The second-order valence-electron chi connectivity index (χ2n) is 5.93. The third-order valence-corrected chi connectivity index (χ3v) is 4.53. The molecule has 1 heterocycles. The molecule has 1 saturated carbocycles. The maximum absolute atomic E-state index is 12.5. The summed E-state index contributed by atoms with van der Waals surface area (Å²) in [6, 6.07) is -0.185. The van der Waals surface area contributed by atoms with E-state index < -0.39 is 5.97 Å². The van der Waals surface area contributed by atoms with Gasteiger partial charge in [0.1, 0.15) is 0 Å². The van der Waals surface area contributed by atoms with Gasteiger partial charge < -0.3 is 15.7 Å². The predicted octanol–water partition coefficient (Wildman–Crippen LogP) is 1.14. The largest absolute Gasteiger partial charge is 0.481 e. The summed E-state index contributed by atoms with van der Waals surface area (Å²) < 4.78 is 0. The number of hydrogen-bond donors (Lipinski definition) is 3. The third kappa shape index (κ3) is 3.47. The molecule has 0 aromatic carbocycles. The molecule has 0 bridgehead atoms. The molecule has 2 aliphatic rings. The Morgan fingerprint density at radius 2 is 2.21 bits per heavy atom. The zero-order valence-corrected chi connectivity index (χ0v) is 11.6. The number of nitrogens with one attached hydrogen (secondary N) is 2. The van der Waals surface area contributed by atoms with Gasteiger partial charge in [-0.15, -0.1) is 0 Å². The fourth-order valence-corrected chi connectivity index (χ4v) is 2.97. The molecule has 2 atom stereocenters. The average molecular weight is 268 g/mol. The molecule has 0 spiro atoms. The summed E-state index contributed by atoms with van der Waals surface area (Å²) >= 11 is 0. The Labute approximate surface area is 114 Å². The first-order valence-corrected chi connectivity index (χ1v) is 7.31. The molecule has 1 saturated heterocycles. The lowest BCUT2D eigenvalue weighted by Gasteiger charge is -2.36. The molecule has 0 radical (unpaired) electrons. The molecule has 0 aromatic heterocycles. The van der Waals surface area contributed by atoms with Gasteiger partial charge in [-0.25, -0.2) is 0 Å². The Bertz CT molecular complexity index is 347. The van der Waals surface area contributed by atoms with Crippen molar-refractivity contribution in [2.75, 3.05) is 13.1 Å². The van der Waals surface area contributed by atoms with Crippen LogP contribution in [0.1, 0.15) is 45.4 Å². The minimum absolute atomic E-state index is 0.0420. The zero-order chi connectivity index (χ0) is 13.9. The summed E-state index contributed by atoms with van der Waals surface area (Å²) in [6.45, 7) is 3.71. The highest BCUT2D eigenvalue weighted by molar-refractivity contribution is 5.84. The third-order valence-electron chi connectivity index (χ3n) is 4.53. The Morgan fingerprint density at radius 1 is 1.47 bits per heavy atom. The monoisotopic (exact) mass is 268 g/mol. The van der Waals surface area contributed by atoms with E-state index in [2.05, 4.69) is 10.6 Å². The molecule has 0 aromatic rings. The van der Waals surface area contributed by atoms with E-state index in [0.717, 1.165) is 38.6 Å². The normalized spacial score (nSPS) is 28.7. The van der Waals surface area contributed by atoms with E-state index in [9.17, 15) is 9.59 Å². The number of rotatable bonds is 6. The van der Waals surface area contributed by atoms with Crippen molar-refractivity contribution >= 4 is 11.9 Å². The van der Waals surface area contributed by atoms with Crippen molar-refractivity contribution in [1.29, 1.82) is 0 Å². The Hall–Kier alpha value is -1.10. The van der Waals surface area contributed by atoms with E-state index in [1.165, 1.54) is 0 Å². The van der Waals surface area contributed by atoms with Crippen LogP contribution >= 0.6 is 0 Å². The average Bonchev–Trinajstić information content (AvgIpc) is 3.22. The Morgan fingerprint density at radius 3 is 2.68 bits per heavy atom. The standard InChI is InChI=1S/C14H24N2O3/c1-2-14(6-3-7-15-9-14)13(19)16-11(8-12(17)18)10-4-5-10/h10-11,15H,2-9H2,1H3,(H,16,19)(H,17,18). The van der Waals surface area contributed by atoms with Crippen molar-refractivity contribution in [3.8, 4) is 0 Å². The van der Waals surface area contributed by atoms with Gasteiger partial charge >= 0.3 is 5.97 Å². The van der Waals surface area contributed by atoms with Crippen LogP contribution in [0.15, 0.2) is 0 Å². The van der Waals surface area contributed by atoms with Crippen LogP contribution in [-0.2, 0) is 9.59 Å². The highest BCUT2D eigenvalue weighted by atomic mass is 16.4. The zero-order valence-electron chi connectivity index (χ0n) is 11.6. The van der Waals surface area contributed by atoms with Crippen molar-refractivity contribution in [1.82, 2.24) is 10.6 Å². The van der Waals surface area contributed by atoms with Gasteiger partial charge in [-0.3, -0.25) is 9.59 Å². The molecule has 2 rings (SSSR count). The summed E-state index contributed by atoms with van der Waals surface area (Å²) in [5.41, 5.74) is -0.343. The summed E-state index contributed by atoms with van der Waals surface area (Å²) in [7, 11) is 0. The minimum Gasteiger partial charge on any atom is -0.481 e. The number of carboxylic acids is 1. The molecule has 5 nitrogen and oxygen atoms in total. The molecule has 19 heavy (non-hydrogen) atoms. The lowest BCUT2D eigenvalue weighted by Crippen LogP contribution is -2.53. The molecular formula is C14H24N2O3. The minimum atomic E-state index is -0.829. The van der Waals surface area contributed by atoms with Gasteiger partial charge in [0, 0.05) is 12.6 Å². The van der Waals surface area contributed by atoms with Crippen LogP contribution in [0.25, 0.3) is 0 Å². The van der Waals surface area contributed by atoms with Gasteiger partial charge in [-0.1, -0.05) is 6.92 Å². The smallest absolute Gasteiger partial charge is 0.305 e. The van der Waals surface area contributed by atoms with Gasteiger partial charge in [0.15, 0.2) is 0 Å². The van der Waals surface area contributed by atoms with E-state index in [1.54, 1.807) is 0 Å². The molecule has 108 valence electrons. The van der Waals surface area contributed by atoms with Crippen LogP contribution in [0.2, 0.25) is 0 Å². The van der Waals surface area contributed by atoms with Crippen LogP contribution in [0.3, 0.4) is 0 Å². The first-order chi connectivity index (χ1) is 9.07. The summed E-state index contributed by atoms with van der Waals surface area (Å²) in [5, 5.41) is 15.2. The first kappa shape index (κ1) is 14.3. The lowest BCUT2D eigenvalue weighted by atomic mass is 9.77. The van der Waals surface area contributed by atoms with Gasteiger partial charge in [-0.05, 0) is 44.6 Å². The van der Waals surface area contributed by atoms with Crippen molar-refractivity contribution in [3.63, 3.8) is 0 Å². The number of carboxylic acid groups (broad SMARTS) is 1. The van der Waals surface area contributed by atoms with Gasteiger partial charge in [0.25, 0.3) is 0 Å². The topological polar surface area (TPSA) is 78.4 Å².